The minimum absolute atomic E-state index is 0.0562. The van der Waals surface area contributed by atoms with E-state index in [0.29, 0.717) is 23.4 Å². The van der Waals surface area contributed by atoms with Crippen molar-refractivity contribution in [3.8, 4) is 0 Å². The van der Waals surface area contributed by atoms with Crippen molar-refractivity contribution in [2.24, 2.45) is 5.73 Å². The van der Waals surface area contributed by atoms with Crippen LogP contribution in [0.1, 0.15) is 52.8 Å². The number of carbonyl (C=O) groups excluding carboxylic acids is 2. The number of amides is 2. The van der Waals surface area contributed by atoms with Crippen molar-refractivity contribution in [2.75, 3.05) is 11.9 Å². The quantitative estimate of drug-likeness (QED) is 0.379. The van der Waals surface area contributed by atoms with Crippen LogP contribution in [0.3, 0.4) is 0 Å². The smallest absolute Gasteiger partial charge is 0.255 e. The van der Waals surface area contributed by atoms with Gasteiger partial charge in [-0.2, -0.15) is 0 Å². The van der Waals surface area contributed by atoms with Gasteiger partial charge in [-0.15, -0.1) is 0 Å². The van der Waals surface area contributed by atoms with Crippen molar-refractivity contribution in [3.63, 3.8) is 0 Å². The van der Waals surface area contributed by atoms with E-state index < -0.39 is 6.04 Å². The summed E-state index contributed by atoms with van der Waals surface area (Å²) in [7, 11) is 0. The number of nitrogens with two attached hydrogens (primary N) is 1. The lowest BCUT2D eigenvalue weighted by molar-refractivity contribution is -0.132. The van der Waals surface area contributed by atoms with Crippen LogP contribution in [0.2, 0.25) is 0 Å². The molecule has 2 unspecified atom stereocenters. The van der Waals surface area contributed by atoms with Crippen LogP contribution >= 0.6 is 0 Å². The number of hydrogen-bond donors (Lipinski definition) is 3. The van der Waals surface area contributed by atoms with E-state index in [0.717, 1.165) is 29.4 Å². The lowest BCUT2D eigenvalue weighted by atomic mass is 10.0. The molecule has 1 aliphatic rings. The highest BCUT2D eigenvalue weighted by Gasteiger charge is 2.31. The molecule has 2 amide bonds. The summed E-state index contributed by atoms with van der Waals surface area (Å²) in [6, 6.07) is 16.4. The summed E-state index contributed by atoms with van der Waals surface area (Å²) in [5.41, 5.74) is 9.79. The molecule has 0 aliphatic carbocycles. The SMILES string of the molecule is NC(CC(=O)N1CCCC1c1cccc(F)c1)c1ccc(C(=O)Nc2ccnc3[nH]ccc23)cc1. The first-order valence-electron chi connectivity index (χ1n) is 11.6. The normalized spacial score (nSPS) is 16.4. The number of aromatic nitrogens is 2. The fourth-order valence-corrected chi connectivity index (χ4v) is 4.69. The van der Waals surface area contributed by atoms with E-state index in [1.807, 2.05) is 12.1 Å². The van der Waals surface area contributed by atoms with Crippen LogP contribution < -0.4 is 11.1 Å². The topological polar surface area (TPSA) is 104 Å². The Hall–Kier alpha value is -4.04. The summed E-state index contributed by atoms with van der Waals surface area (Å²) < 4.78 is 13.7. The van der Waals surface area contributed by atoms with Crippen molar-refractivity contribution >= 4 is 28.5 Å². The second-order valence-electron chi connectivity index (χ2n) is 8.79. The molecule has 5 rings (SSSR count). The highest BCUT2D eigenvalue weighted by molar-refractivity contribution is 6.08. The molecule has 3 heterocycles. The van der Waals surface area contributed by atoms with Crippen LogP contribution in [0.4, 0.5) is 10.1 Å². The highest BCUT2D eigenvalue weighted by Crippen LogP contribution is 2.33. The minimum Gasteiger partial charge on any atom is -0.346 e. The summed E-state index contributed by atoms with van der Waals surface area (Å²) in [5.74, 6) is -0.603. The average Bonchev–Trinajstić information content (AvgIpc) is 3.54. The maximum Gasteiger partial charge on any atom is 0.255 e. The molecule has 7 nitrogen and oxygen atoms in total. The maximum atomic E-state index is 13.7. The third-order valence-electron chi connectivity index (χ3n) is 6.51. The van der Waals surface area contributed by atoms with E-state index in [1.165, 1.54) is 12.1 Å². The van der Waals surface area contributed by atoms with Gasteiger partial charge in [-0.25, -0.2) is 9.37 Å². The van der Waals surface area contributed by atoms with Gasteiger partial charge in [0.1, 0.15) is 11.5 Å². The van der Waals surface area contributed by atoms with Gasteiger partial charge in [0, 0.05) is 42.4 Å². The molecular weight excluding hydrogens is 445 g/mol. The zero-order valence-corrected chi connectivity index (χ0v) is 19.1. The number of rotatable bonds is 6. The molecule has 4 aromatic rings. The fraction of sp³-hybridized carbons (Fsp3) is 0.222. The summed E-state index contributed by atoms with van der Waals surface area (Å²) in [4.78, 5) is 34.8. The number of aromatic amines is 1. The molecule has 0 radical (unpaired) electrons. The molecule has 2 aromatic carbocycles. The van der Waals surface area contributed by atoms with Crippen molar-refractivity contribution in [3.05, 3.63) is 95.6 Å². The first-order chi connectivity index (χ1) is 17.0. The Morgan fingerprint density at radius 3 is 2.80 bits per heavy atom. The van der Waals surface area contributed by atoms with Crippen LogP contribution in [0.25, 0.3) is 11.0 Å². The summed E-state index contributed by atoms with van der Waals surface area (Å²) in [6.07, 6.45) is 5.22. The first kappa shape index (κ1) is 22.7. The van der Waals surface area contributed by atoms with Gasteiger partial charge in [0.2, 0.25) is 5.91 Å². The number of H-pyrrole nitrogens is 1. The Bertz CT molecular complexity index is 1370. The van der Waals surface area contributed by atoms with Crippen LogP contribution in [0.5, 0.6) is 0 Å². The number of hydrogen-bond acceptors (Lipinski definition) is 4. The lowest BCUT2D eigenvalue weighted by Gasteiger charge is -2.26. The first-order valence-corrected chi connectivity index (χ1v) is 11.6. The van der Waals surface area contributed by atoms with Crippen LogP contribution in [0.15, 0.2) is 73.1 Å². The number of pyridine rings is 1. The molecule has 1 saturated heterocycles. The van der Waals surface area contributed by atoms with Gasteiger partial charge >= 0.3 is 0 Å². The predicted molar refractivity (Wildman–Crippen MR) is 132 cm³/mol. The standard InChI is InChI=1S/C27H26FN5O2/c28-20-4-1-3-19(15-20)24-5-2-14-33(24)25(34)16-22(29)17-6-8-18(9-7-17)27(35)32-23-11-13-31-26-21(23)10-12-30-26/h1,3-4,6-13,15,22,24H,2,5,14,16,29H2,(H2,30,31,32,35). The number of benzene rings is 2. The average molecular weight is 472 g/mol. The molecule has 2 atom stereocenters. The molecule has 4 N–H and O–H groups in total. The van der Waals surface area contributed by atoms with Crippen molar-refractivity contribution in [2.45, 2.75) is 31.3 Å². The lowest BCUT2D eigenvalue weighted by Crippen LogP contribution is -2.33. The molecule has 0 bridgehead atoms. The van der Waals surface area contributed by atoms with Gasteiger partial charge < -0.3 is 20.9 Å². The second kappa shape index (κ2) is 9.68. The van der Waals surface area contributed by atoms with Gasteiger partial charge in [0.05, 0.1) is 11.7 Å². The van der Waals surface area contributed by atoms with Gasteiger partial charge in [-0.1, -0.05) is 24.3 Å². The van der Waals surface area contributed by atoms with Crippen molar-refractivity contribution in [1.29, 1.82) is 0 Å². The molecule has 2 aromatic heterocycles. The van der Waals surface area contributed by atoms with E-state index in [2.05, 4.69) is 15.3 Å². The van der Waals surface area contributed by atoms with Gasteiger partial charge in [0.25, 0.3) is 5.91 Å². The van der Waals surface area contributed by atoms with Crippen molar-refractivity contribution in [1.82, 2.24) is 14.9 Å². The number of nitrogens with zero attached hydrogens (tertiary/aromatic N) is 2. The molecular formula is C27H26FN5O2. The minimum atomic E-state index is -0.506. The molecule has 1 aliphatic heterocycles. The van der Waals surface area contributed by atoms with E-state index in [-0.39, 0.29) is 30.1 Å². The van der Waals surface area contributed by atoms with Gasteiger partial charge in [-0.3, -0.25) is 9.59 Å². The zero-order valence-electron chi connectivity index (χ0n) is 19.1. The zero-order chi connectivity index (χ0) is 24.4. The maximum absolute atomic E-state index is 13.7. The molecule has 0 spiro atoms. The van der Waals surface area contributed by atoms with E-state index in [4.69, 9.17) is 5.73 Å². The summed E-state index contributed by atoms with van der Waals surface area (Å²) >= 11 is 0. The highest BCUT2D eigenvalue weighted by atomic mass is 19.1. The number of anilines is 1. The predicted octanol–water partition coefficient (Wildman–Crippen LogP) is 4.71. The van der Waals surface area contributed by atoms with Gasteiger partial charge in [0.15, 0.2) is 0 Å². The summed E-state index contributed by atoms with van der Waals surface area (Å²) in [6.45, 7) is 0.634. The van der Waals surface area contributed by atoms with E-state index in [1.54, 1.807) is 53.7 Å². The Labute approximate surface area is 202 Å². The molecule has 35 heavy (non-hydrogen) atoms. The Morgan fingerprint density at radius 1 is 1.17 bits per heavy atom. The number of nitrogens with one attached hydrogen (secondary N) is 2. The molecule has 178 valence electrons. The third kappa shape index (κ3) is 4.79. The summed E-state index contributed by atoms with van der Waals surface area (Å²) in [5, 5.41) is 3.74. The largest absolute Gasteiger partial charge is 0.346 e. The monoisotopic (exact) mass is 471 g/mol. The van der Waals surface area contributed by atoms with Crippen LogP contribution in [-0.4, -0.2) is 33.2 Å². The molecule has 8 heteroatoms. The van der Waals surface area contributed by atoms with E-state index in [9.17, 15) is 14.0 Å². The van der Waals surface area contributed by atoms with Crippen LogP contribution in [-0.2, 0) is 4.79 Å². The number of carbonyl (C=O) groups is 2. The van der Waals surface area contributed by atoms with Gasteiger partial charge in [-0.05, 0) is 60.4 Å². The number of fused-ring (bicyclic) bond motifs is 1. The number of likely N-dealkylation sites (tertiary alicyclic amines) is 1. The Balaban J connectivity index is 1.23. The third-order valence-corrected chi connectivity index (χ3v) is 6.51. The van der Waals surface area contributed by atoms with Crippen molar-refractivity contribution < 1.29 is 14.0 Å². The van der Waals surface area contributed by atoms with Crippen LogP contribution in [0, 0.1) is 5.82 Å². The number of halogens is 1. The Morgan fingerprint density at radius 2 is 2.00 bits per heavy atom. The second-order valence-corrected chi connectivity index (χ2v) is 8.79. The molecule has 1 fully saturated rings. The van der Waals surface area contributed by atoms with E-state index >= 15 is 0 Å². The molecule has 0 saturated carbocycles. The Kier molecular flexibility index (Phi) is 6.29. The fourth-order valence-electron chi connectivity index (χ4n) is 4.69.